The number of carbonyl (C=O) groups is 1. The molecular weight excluding hydrogens is 323 g/mol. The molecule has 0 bridgehead atoms. The van der Waals surface area contributed by atoms with Gasteiger partial charge in [-0.3, -0.25) is 9.48 Å². The third kappa shape index (κ3) is 5.38. The van der Waals surface area contributed by atoms with Crippen molar-refractivity contribution < 1.29 is 22.7 Å². The van der Waals surface area contributed by atoms with E-state index in [-0.39, 0.29) is 12.5 Å². The Morgan fingerprint density at radius 1 is 1.33 bits per heavy atom. The van der Waals surface area contributed by atoms with Gasteiger partial charge >= 0.3 is 6.18 Å². The highest BCUT2D eigenvalue weighted by Gasteiger charge is 2.27. The van der Waals surface area contributed by atoms with E-state index in [0.29, 0.717) is 17.7 Å². The van der Waals surface area contributed by atoms with Gasteiger partial charge in [0.1, 0.15) is 6.61 Å². The van der Waals surface area contributed by atoms with Crippen LogP contribution in [0, 0.1) is 0 Å². The second kappa shape index (κ2) is 7.48. The van der Waals surface area contributed by atoms with Crippen molar-refractivity contribution in [3.8, 4) is 0 Å². The number of nitrogens with zero attached hydrogens (tertiary/aromatic N) is 3. The highest BCUT2D eigenvalue weighted by molar-refractivity contribution is 5.94. The Balaban J connectivity index is 1.97. The van der Waals surface area contributed by atoms with Gasteiger partial charge in [-0.25, -0.2) is 0 Å². The molecule has 24 heavy (non-hydrogen) atoms. The van der Waals surface area contributed by atoms with Gasteiger partial charge in [-0.15, -0.1) is 0 Å². The van der Waals surface area contributed by atoms with Gasteiger partial charge in [0.05, 0.1) is 18.8 Å². The summed E-state index contributed by atoms with van der Waals surface area (Å²) >= 11 is 0. The Morgan fingerprint density at radius 2 is 2.08 bits per heavy atom. The van der Waals surface area contributed by atoms with E-state index in [4.69, 9.17) is 0 Å². The number of carbonyl (C=O) groups excluding carboxylic acids is 1. The summed E-state index contributed by atoms with van der Waals surface area (Å²) in [5.74, 6) is -0.238. The van der Waals surface area contributed by atoms with Crippen LogP contribution < -0.4 is 0 Å². The summed E-state index contributed by atoms with van der Waals surface area (Å²) in [5.41, 5.74) is 1.65. The van der Waals surface area contributed by atoms with Crippen LogP contribution >= 0.6 is 0 Å². The van der Waals surface area contributed by atoms with Crippen LogP contribution in [0.15, 0.2) is 36.5 Å². The third-order valence-electron chi connectivity index (χ3n) is 3.22. The van der Waals surface area contributed by atoms with Gasteiger partial charge in [0.2, 0.25) is 0 Å². The number of hydrogen-bond acceptors (Lipinski definition) is 3. The molecule has 1 aromatic heterocycles. The molecule has 2 aromatic rings. The molecule has 1 amide bonds. The molecule has 0 saturated carbocycles. The Bertz CT molecular complexity index is 698. The normalized spacial score (nSPS) is 11.5. The second-order valence-electron chi connectivity index (χ2n) is 5.45. The van der Waals surface area contributed by atoms with E-state index >= 15 is 0 Å². The number of aryl methyl sites for hydroxylation is 1. The van der Waals surface area contributed by atoms with E-state index in [0.717, 1.165) is 5.69 Å². The molecule has 1 heterocycles. The molecule has 2 rings (SSSR count). The molecule has 0 aliphatic carbocycles. The lowest BCUT2D eigenvalue weighted by molar-refractivity contribution is -0.176. The van der Waals surface area contributed by atoms with Gasteiger partial charge < -0.3 is 9.64 Å². The van der Waals surface area contributed by atoms with Crippen molar-refractivity contribution in [2.24, 2.45) is 7.05 Å². The Labute approximate surface area is 137 Å². The van der Waals surface area contributed by atoms with E-state index < -0.39 is 12.8 Å². The Hall–Kier alpha value is -2.35. The first-order valence-electron chi connectivity index (χ1n) is 7.22. The van der Waals surface area contributed by atoms with Crippen molar-refractivity contribution in [3.63, 3.8) is 0 Å². The van der Waals surface area contributed by atoms with Gasteiger partial charge in [0, 0.05) is 25.9 Å². The number of hydrogen-bond donors (Lipinski definition) is 0. The molecule has 0 atom stereocenters. The zero-order chi connectivity index (χ0) is 17.7. The number of aromatic nitrogens is 2. The standard InChI is InChI=1S/C16H18F3N3O2/c1-21(9-14-6-7-22(2)20-14)15(23)13-5-3-4-12(8-13)10-24-11-16(17,18)19/h3-8H,9-11H2,1-2H3. The summed E-state index contributed by atoms with van der Waals surface area (Å²) in [7, 11) is 3.43. The van der Waals surface area contributed by atoms with E-state index in [1.54, 1.807) is 43.2 Å². The maximum Gasteiger partial charge on any atom is 0.411 e. The maximum atomic E-state index is 12.4. The fraction of sp³-hybridized carbons (Fsp3) is 0.375. The number of halogens is 3. The van der Waals surface area contributed by atoms with Crippen LogP contribution in [0.3, 0.4) is 0 Å². The summed E-state index contributed by atoms with van der Waals surface area (Å²) in [6.07, 6.45) is -2.58. The molecule has 0 radical (unpaired) electrons. The summed E-state index contributed by atoms with van der Waals surface area (Å²) in [5, 5.41) is 4.20. The van der Waals surface area contributed by atoms with Crippen LogP contribution in [0.1, 0.15) is 21.6 Å². The quantitative estimate of drug-likeness (QED) is 0.812. The molecule has 0 unspecified atom stereocenters. The molecule has 5 nitrogen and oxygen atoms in total. The first kappa shape index (κ1) is 18.0. The van der Waals surface area contributed by atoms with Gasteiger partial charge in [0.25, 0.3) is 5.91 Å². The molecule has 0 aliphatic rings. The molecule has 8 heteroatoms. The SMILES string of the molecule is CN(Cc1ccn(C)n1)C(=O)c1cccc(COCC(F)(F)F)c1. The summed E-state index contributed by atoms with van der Waals surface area (Å²) in [6.45, 7) is -1.18. The Morgan fingerprint density at radius 3 is 2.71 bits per heavy atom. The number of rotatable bonds is 6. The average Bonchev–Trinajstić information content (AvgIpc) is 2.90. The molecule has 1 aromatic carbocycles. The first-order chi connectivity index (χ1) is 11.2. The first-order valence-corrected chi connectivity index (χ1v) is 7.22. The lowest BCUT2D eigenvalue weighted by Crippen LogP contribution is -2.26. The molecule has 0 saturated heterocycles. The molecule has 0 spiro atoms. The third-order valence-corrected chi connectivity index (χ3v) is 3.22. The van der Waals surface area contributed by atoms with Crippen molar-refractivity contribution >= 4 is 5.91 Å². The smallest absolute Gasteiger partial charge is 0.367 e. The molecular formula is C16H18F3N3O2. The minimum absolute atomic E-state index is 0.204. The number of benzene rings is 1. The Kier molecular flexibility index (Phi) is 5.61. The highest BCUT2D eigenvalue weighted by Crippen LogP contribution is 2.16. The van der Waals surface area contributed by atoms with Crippen LogP contribution in [-0.4, -0.2) is 40.4 Å². The zero-order valence-corrected chi connectivity index (χ0v) is 13.4. The van der Waals surface area contributed by atoms with E-state index in [1.807, 2.05) is 6.07 Å². The van der Waals surface area contributed by atoms with Crippen LogP contribution in [-0.2, 0) is 24.9 Å². The van der Waals surface area contributed by atoms with Gasteiger partial charge in [-0.1, -0.05) is 12.1 Å². The van der Waals surface area contributed by atoms with Crippen molar-refractivity contribution in [1.29, 1.82) is 0 Å². The molecule has 0 N–H and O–H groups in total. The lowest BCUT2D eigenvalue weighted by Gasteiger charge is -2.16. The van der Waals surface area contributed by atoms with E-state index in [9.17, 15) is 18.0 Å². The minimum atomic E-state index is -4.36. The van der Waals surface area contributed by atoms with Crippen molar-refractivity contribution in [2.75, 3.05) is 13.7 Å². The largest absolute Gasteiger partial charge is 0.411 e. The van der Waals surface area contributed by atoms with Gasteiger partial charge in [0.15, 0.2) is 0 Å². The predicted octanol–water partition coefficient (Wildman–Crippen LogP) is 2.77. The molecule has 0 fully saturated rings. The number of alkyl halides is 3. The van der Waals surface area contributed by atoms with Gasteiger partial charge in [-0.05, 0) is 23.8 Å². The van der Waals surface area contributed by atoms with Crippen LogP contribution in [0.4, 0.5) is 13.2 Å². The number of amides is 1. The second-order valence-corrected chi connectivity index (χ2v) is 5.45. The molecule has 130 valence electrons. The molecule has 0 aliphatic heterocycles. The zero-order valence-electron chi connectivity index (χ0n) is 13.4. The monoisotopic (exact) mass is 341 g/mol. The fourth-order valence-corrected chi connectivity index (χ4v) is 2.16. The average molecular weight is 341 g/mol. The topological polar surface area (TPSA) is 47.4 Å². The van der Waals surface area contributed by atoms with Crippen molar-refractivity contribution in [3.05, 3.63) is 53.3 Å². The van der Waals surface area contributed by atoms with Crippen molar-refractivity contribution in [2.45, 2.75) is 19.3 Å². The maximum absolute atomic E-state index is 12.4. The van der Waals surface area contributed by atoms with Crippen LogP contribution in [0.5, 0.6) is 0 Å². The van der Waals surface area contributed by atoms with Crippen molar-refractivity contribution in [1.82, 2.24) is 14.7 Å². The fourth-order valence-electron chi connectivity index (χ4n) is 2.16. The summed E-state index contributed by atoms with van der Waals surface area (Å²) in [4.78, 5) is 13.9. The summed E-state index contributed by atoms with van der Waals surface area (Å²) < 4.78 is 42.5. The number of ether oxygens (including phenoxy) is 1. The van der Waals surface area contributed by atoms with Crippen LogP contribution in [0.2, 0.25) is 0 Å². The van der Waals surface area contributed by atoms with Gasteiger partial charge in [-0.2, -0.15) is 18.3 Å². The predicted molar refractivity (Wildman–Crippen MR) is 81.2 cm³/mol. The van der Waals surface area contributed by atoms with Crippen LogP contribution in [0.25, 0.3) is 0 Å². The summed E-state index contributed by atoms with van der Waals surface area (Å²) in [6, 6.07) is 8.20. The highest BCUT2D eigenvalue weighted by atomic mass is 19.4. The minimum Gasteiger partial charge on any atom is -0.367 e. The lowest BCUT2D eigenvalue weighted by atomic mass is 10.1. The van der Waals surface area contributed by atoms with E-state index in [1.165, 1.54) is 11.0 Å². The van der Waals surface area contributed by atoms with E-state index in [2.05, 4.69) is 9.84 Å².